The average Bonchev–Trinajstić information content (AvgIpc) is 3.04. The van der Waals surface area contributed by atoms with Gasteiger partial charge in [0.05, 0.1) is 0 Å². The molecule has 0 bridgehead atoms. The lowest BCUT2D eigenvalue weighted by Gasteiger charge is -2.19. The average molecular weight is 507 g/mol. The third kappa shape index (κ3) is 3.54. The first kappa shape index (κ1) is 22.8. The van der Waals surface area contributed by atoms with E-state index in [2.05, 4.69) is 158 Å². The third-order valence-electron chi connectivity index (χ3n) is 8.23. The molecular formula is C40H26. The second-order valence-corrected chi connectivity index (χ2v) is 10.5. The summed E-state index contributed by atoms with van der Waals surface area (Å²) in [6, 6.07) is 57.5. The van der Waals surface area contributed by atoms with E-state index in [9.17, 15) is 0 Å². The molecule has 0 atom stereocenters. The van der Waals surface area contributed by atoms with E-state index in [0.717, 1.165) is 0 Å². The molecule has 8 aromatic rings. The number of fused-ring (bicyclic) bond motifs is 5. The van der Waals surface area contributed by atoms with Crippen molar-refractivity contribution in [3.05, 3.63) is 158 Å². The van der Waals surface area contributed by atoms with Crippen molar-refractivity contribution in [2.75, 3.05) is 0 Å². The van der Waals surface area contributed by atoms with Gasteiger partial charge in [0.25, 0.3) is 0 Å². The van der Waals surface area contributed by atoms with E-state index in [1.807, 2.05) is 0 Å². The maximum Gasteiger partial charge on any atom is -0.00199 e. The van der Waals surface area contributed by atoms with Crippen LogP contribution < -0.4 is 0 Å². The first-order chi connectivity index (χ1) is 19.9. The van der Waals surface area contributed by atoms with Crippen molar-refractivity contribution in [1.82, 2.24) is 0 Å². The number of benzene rings is 8. The van der Waals surface area contributed by atoms with Crippen molar-refractivity contribution in [3.63, 3.8) is 0 Å². The molecule has 186 valence electrons. The standard InChI is InChI=1S/C40H26/c1-3-13-27(14-4-1)29-23-24-30-26-38(32-18-8-7-17-31(32)37(30)25-29)40-35-21-11-9-19-33(35)39(28-15-5-2-6-16-28)34-20-10-12-22-36(34)40/h1-26H. The van der Waals surface area contributed by atoms with Gasteiger partial charge in [0, 0.05) is 0 Å². The molecule has 0 radical (unpaired) electrons. The van der Waals surface area contributed by atoms with Gasteiger partial charge in [-0.25, -0.2) is 0 Å². The first-order valence-corrected chi connectivity index (χ1v) is 13.9. The lowest BCUT2D eigenvalue weighted by atomic mass is 9.83. The van der Waals surface area contributed by atoms with E-state index >= 15 is 0 Å². The molecule has 0 N–H and O–H groups in total. The summed E-state index contributed by atoms with van der Waals surface area (Å²) in [7, 11) is 0. The minimum Gasteiger partial charge on any atom is -0.0622 e. The Morgan fingerprint density at radius 1 is 0.250 bits per heavy atom. The van der Waals surface area contributed by atoms with Crippen LogP contribution in [-0.4, -0.2) is 0 Å². The van der Waals surface area contributed by atoms with Crippen LogP contribution in [-0.2, 0) is 0 Å². The Labute approximate surface area is 233 Å². The van der Waals surface area contributed by atoms with Crippen LogP contribution in [0, 0.1) is 0 Å². The summed E-state index contributed by atoms with van der Waals surface area (Å²) in [5.41, 5.74) is 7.62. The normalized spacial score (nSPS) is 11.5. The van der Waals surface area contributed by atoms with Crippen molar-refractivity contribution in [3.8, 4) is 33.4 Å². The minimum absolute atomic E-state index is 1.24. The van der Waals surface area contributed by atoms with Crippen LogP contribution in [0.5, 0.6) is 0 Å². The summed E-state index contributed by atoms with van der Waals surface area (Å²) in [6.45, 7) is 0. The van der Waals surface area contributed by atoms with Gasteiger partial charge in [-0.2, -0.15) is 0 Å². The Kier molecular flexibility index (Phi) is 5.24. The Morgan fingerprint density at radius 3 is 1.32 bits per heavy atom. The summed E-state index contributed by atoms with van der Waals surface area (Å²) in [5, 5.41) is 10.2. The fourth-order valence-corrected chi connectivity index (χ4v) is 6.45. The molecule has 0 fully saturated rings. The minimum atomic E-state index is 1.24. The molecule has 40 heavy (non-hydrogen) atoms. The molecule has 0 aromatic heterocycles. The van der Waals surface area contributed by atoms with Gasteiger partial charge >= 0.3 is 0 Å². The van der Waals surface area contributed by atoms with Gasteiger partial charge in [-0.15, -0.1) is 0 Å². The van der Waals surface area contributed by atoms with Crippen molar-refractivity contribution in [2.45, 2.75) is 0 Å². The monoisotopic (exact) mass is 506 g/mol. The summed E-state index contributed by atoms with van der Waals surface area (Å²) < 4.78 is 0. The predicted octanol–water partition coefficient (Wildman–Crippen LogP) is 11.3. The van der Waals surface area contributed by atoms with Crippen LogP contribution in [0.25, 0.3) is 76.5 Å². The molecule has 0 aliphatic heterocycles. The van der Waals surface area contributed by atoms with Gasteiger partial charge in [-0.05, 0) is 88.6 Å². The maximum atomic E-state index is 2.41. The summed E-state index contributed by atoms with van der Waals surface area (Å²) >= 11 is 0. The van der Waals surface area contributed by atoms with Gasteiger partial charge in [-0.1, -0.05) is 146 Å². The number of hydrogen-bond acceptors (Lipinski definition) is 0. The molecule has 8 rings (SSSR count). The highest BCUT2D eigenvalue weighted by Crippen LogP contribution is 2.46. The quantitative estimate of drug-likeness (QED) is 0.165. The molecule has 8 aromatic carbocycles. The highest BCUT2D eigenvalue weighted by atomic mass is 14.2. The Balaban J connectivity index is 1.50. The highest BCUT2D eigenvalue weighted by molar-refractivity contribution is 6.25. The Bertz CT molecular complexity index is 2130. The van der Waals surface area contributed by atoms with Crippen molar-refractivity contribution in [2.24, 2.45) is 0 Å². The first-order valence-electron chi connectivity index (χ1n) is 13.9. The van der Waals surface area contributed by atoms with Gasteiger partial charge in [0.2, 0.25) is 0 Å². The van der Waals surface area contributed by atoms with Crippen LogP contribution in [0.2, 0.25) is 0 Å². The van der Waals surface area contributed by atoms with E-state index in [4.69, 9.17) is 0 Å². The molecule has 0 aliphatic carbocycles. The van der Waals surface area contributed by atoms with Gasteiger partial charge < -0.3 is 0 Å². The smallest absolute Gasteiger partial charge is 0.00199 e. The van der Waals surface area contributed by atoms with E-state index in [1.165, 1.54) is 76.5 Å². The van der Waals surface area contributed by atoms with Crippen molar-refractivity contribution >= 4 is 43.1 Å². The van der Waals surface area contributed by atoms with Gasteiger partial charge in [0.1, 0.15) is 0 Å². The number of hydrogen-bond donors (Lipinski definition) is 0. The fourth-order valence-electron chi connectivity index (χ4n) is 6.45. The molecule has 0 heterocycles. The second kappa shape index (κ2) is 9.22. The Morgan fingerprint density at radius 2 is 0.725 bits per heavy atom. The SMILES string of the molecule is c1ccc(-c2ccc3cc(-c4c5ccccc5c(-c5ccccc5)c5ccccc45)c4ccccc4c3c2)cc1. The topological polar surface area (TPSA) is 0 Å². The van der Waals surface area contributed by atoms with Gasteiger partial charge in [-0.3, -0.25) is 0 Å². The molecule has 0 saturated carbocycles. The largest absolute Gasteiger partial charge is 0.0622 e. The lowest BCUT2D eigenvalue weighted by Crippen LogP contribution is -1.92. The molecule has 0 heteroatoms. The fraction of sp³-hybridized carbons (Fsp3) is 0. The Hall–Kier alpha value is -5.20. The zero-order chi connectivity index (χ0) is 26.5. The summed E-state index contributed by atoms with van der Waals surface area (Å²) in [4.78, 5) is 0. The van der Waals surface area contributed by atoms with Crippen LogP contribution in [0.1, 0.15) is 0 Å². The maximum absolute atomic E-state index is 2.41. The lowest BCUT2D eigenvalue weighted by molar-refractivity contribution is 1.65. The van der Waals surface area contributed by atoms with Gasteiger partial charge in [0.15, 0.2) is 0 Å². The summed E-state index contributed by atoms with van der Waals surface area (Å²) in [5.74, 6) is 0. The van der Waals surface area contributed by atoms with Crippen LogP contribution >= 0.6 is 0 Å². The molecule has 0 nitrogen and oxygen atoms in total. The second-order valence-electron chi connectivity index (χ2n) is 10.5. The van der Waals surface area contributed by atoms with Crippen LogP contribution in [0.3, 0.4) is 0 Å². The van der Waals surface area contributed by atoms with Crippen LogP contribution in [0.15, 0.2) is 158 Å². The third-order valence-corrected chi connectivity index (χ3v) is 8.23. The zero-order valence-corrected chi connectivity index (χ0v) is 22.0. The zero-order valence-electron chi connectivity index (χ0n) is 22.0. The highest BCUT2D eigenvalue weighted by Gasteiger charge is 2.18. The molecule has 0 spiro atoms. The molecule has 0 amide bonds. The predicted molar refractivity (Wildman–Crippen MR) is 173 cm³/mol. The molecular weight excluding hydrogens is 480 g/mol. The van der Waals surface area contributed by atoms with E-state index in [1.54, 1.807) is 0 Å². The van der Waals surface area contributed by atoms with E-state index < -0.39 is 0 Å². The number of rotatable bonds is 3. The van der Waals surface area contributed by atoms with Crippen molar-refractivity contribution < 1.29 is 0 Å². The molecule has 0 aliphatic rings. The van der Waals surface area contributed by atoms with E-state index in [-0.39, 0.29) is 0 Å². The van der Waals surface area contributed by atoms with E-state index in [0.29, 0.717) is 0 Å². The molecule has 0 saturated heterocycles. The molecule has 0 unspecified atom stereocenters. The summed E-state index contributed by atoms with van der Waals surface area (Å²) in [6.07, 6.45) is 0. The van der Waals surface area contributed by atoms with Crippen LogP contribution in [0.4, 0.5) is 0 Å². The van der Waals surface area contributed by atoms with Crippen molar-refractivity contribution in [1.29, 1.82) is 0 Å².